The summed E-state index contributed by atoms with van der Waals surface area (Å²) in [5, 5.41) is 19.9. The maximum absolute atomic E-state index is 9.96. The van der Waals surface area contributed by atoms with Gasteiger partial charge >= 0.3 is 0 Å². The molecule has 0 unspecified atom stereocenters. The average molecular weight is 403 g/mol. The first kappa shape index (κ1) is 19.6. The Kier molecular flexibility index (Phi) is 3.71. The van der Waals surface area contributed by atoms with Crippen molar-refractivity contribution in [1.29, 1.82) is 10.5 Å². The minimum Gasteiger partial charge on any atom is -0.192 e. The van der Waals surface area contributed by atoms with Gasteiger partial charge < -0.3 is 0 Å². The van der Waals surface area contributed by atoms with Gasteiger partial charge in [0.25, 0.3) is 0 Å². The van der Waals surface area contributed by atoms with E-state index in [-0.39, 0.29) is 16.2 Å². The molecule has 0 fully saturated rings. The molecule has 0 aliphatic heterocycles. The van der Waals surface area contributed by atoms with Crippen molar-refractivity contribution in [3.63, 3.8) is 0 Å². The van der Waals surface area contributed by atoms with Crippen molar-refractivity contribution in [2.24, 2.45) is 0 Å². The maximum Gasteiger partial charge on any atom is 0.101 e. The molecule has 0 bridgehead atoms. The second kappa shape index (κ2) is 5.87. The number of benzene rings is 3. The summed E-state index contributed by atoms with van der Waals surface area (Å²) in [6.07, 6.45) is 0. The van der Waals surface area contributed by atoms with Crippen LogP contribution in [0, 0.1) is 36.5 Å². The van der Waals surface area contributed by atoms with E-state index in [1.54, 1.807) is 0 Å². The van der Waals surface area contributed by atoms with Crippen LogP contribution in [0.25, 0.3) is 11.1 Å². The summed E-state index contributed by atoms with van der Waals surface area (Å²) in [6, 6.07) is 22.3. The molecule has 1 spiro atoms. The zero-order valence-electron chi connectivity index (χ0n) is 19.0. The molecule has 0 N–H and O–H groups in total. The summed E-state index contributed by atoms with van der Waals surface area (Å²) in [4.78, 5) is 0. The molecule has 0 aromatic heterocycles. The number of fused-ring (bicyclic) bond motifs is 6. The van der Waals surface area contributed by atoms with Crippen LogP contribution in [0.2, 0.25) is 0 Å². The molecule has 5 rings (SSSR count). The monoisotopic (exact) mass is 402 g/mol. The second-order valence-electron chi connectivity index (χ2n) is 10.1. The highest BCUT2D eigenvalue weighted by molar-refractivity contribution is 5.86. The minimum atomic E-state index is -0.300. The second-order valence-corrected chi connectivity index (χ2v) is 10.1. The Hall–Kier alpha value is -3.36. The van der Waals surface area contributed by atoms with Gasteiger partial charge in [0.2, 0.25) is 0 Å². The molecule has 0 saturated carbocycles. The van der Waals surface area contributed by atoms with Crippen molar-refractivity contribution in [3.8, 4) is 23.3 Å². The number of nitrogens with zero attached hydrogens (tertiary/aromatic N) is 2. The van der Waals surface area contributed by atoms with Crippen molar-refractivity contribution in [2.75, 3.05) is 0 Å². The Morgan fingerprint density at radius 3 is 1.32 bits per heavy atom. The first-order chi connectivity index (χ1) is 14.7. The molecule has 31 heavy (non-hydrogen) atoms. The van der Waals surface area contributed by atoms with Crippen molar-refractivity contribution >= 4 is 0 Å². The van der Waals surface area contributed by atoms with Crippen LogP contribution in [0.3, 0.4) is 0 Å². The minimum absolute atomic E-state index is 0.275. The Labute approximate surface area is 184 Å². The highest BCUT2D eigenvalue weighted by atomic mass is 14.7. The summed E-state index contributed by atoms with van der Waals surface area (Å²) in [5.74, 6) is 0. The summed E-state index contributed by atoms with van der Waals surface area (Å²) >= 11 is 0. The van der Waals surface area contributed by atoms with E-state index in [1.165, 1.54) is 33.4 Å². The fourth-order valence-corrected chi connectivity index (χ4v) is 7.58. The molecule has 3 aromatic carbocycles. The van der Waals surface area contributed by atoms with Gasteiger partial charge in [-0.05, 0) is 58.4 Å². The van der Waals surface area contributed by atoms with Crippen LogP contribution in [0.5, 0.6) is 0 Å². The smallest absolute Gasteiger partial charge is 0.101 e. The zero-order valence-corrected chi connectivity index (χ0v) is 19.0. The van der Waals surface area contributed by atoms with Gasteiger partial charge in [-0.2, -0.15) is 10.5 Å². The summed E-state index contributed by atoms with van der Waals surface area (Å²) in [5.41, 5.74) is 9.86. The van der Waals surface area contributed by atoms with Gasteiger partial charge in [-0.25, -0.2) is 0 Å². The van der Waals surface area contributed by atoms with Gasteiger partial charge in [-0.15, -0.1) is 0 Å². The molecule has 152 valence electrons. The van der Waals surface area contributed by atoms with Crippen molar-refractivity contribution in [1.82, 2.24) is 0 Å². The highest BCUT2D eigenvalue weighted by Gasteiger charge is 2.68. The predicted molar refractivity (Wildman–Crippen MR) is 124 cm³/mol. The maximum atomic E-state index is 9.96. The van der Waals surface area contributed by atoms with Crippen LogP contribution in [0.15, 0.2) is 48.5 Å². The van der Waals surface area contributed by atoms with Crippen LogP contribution in [0.4, 0.5) is 0 Å². The van der Waals surface area contributed by atoms with Gasteiger partial charge in [0.05, 0.1) is 11.1 Å². The fourth-order valence-electron chi connectivity index (χ4n) is 7.58. The van der Waals surface area contributed by atoms with Gasteiger partial charge in [0, 0.05) is 16.2 Å². The summed E-state index contributed by atoms with van der Waals surface area (Å²) in [6.45, 7) is 13.4. The van der Waals surface area contributed by atoms with E-state index in [2.05, 4.69) is 88.4 Å². The van der Waals surface area contributed by atoms with E-state index in [4.69, 9.17) is 0 Å². The predicted octanol–water partition coefficient (Wildman–Crippen LogP) is 6.58. The lowest BCUT2D eigenvalue weighted by atomic mass is 9.52. The molecule has 2 nitrogen and oxygen atoms in total. The number of hydrogen-bond donors (Lipinski definition) is 0. The van der Waals surface area contributed by atoms with E-state index >= 15 is 0 Å². The Balaban J connectivity index is 2.04. The highest BCUT2D eigenvalue weighted by Crippen LogP contribution is 2.71. The molecule has 3 aromatic rings. The number of nitriles is 2. The zero-order chi connectivity index (χ0) is 22.3. The van der Waals surface area contributed by atoms with Crippen LogP contribution < -0.4 is 0 Å². The molecule has 2 aliphatic carbocycles. The summed E-state index contributed by atoms with van der Waals surface area (Å²) in [7, 11) is 0. The molecule has 2 aliphatic rings. The Morgan fingerprint density at radius 1 is 0.613 bits per heavy atom. The standard InChI is InChI=1S/C29H26N2/c1-17-21(15-30)22(16-31)18(2)26-25(17)27(3,4)29(28(26,5)6)23-13-9-7-11-19(23)20-12-8-10-14-24(20)29/h7-14H,1-6H3. The van der Waals surface area contributed by atoms with E-state index in [1.807, 2.05) is 13.8 Å². The third-order valence-electron chi connectivity index (χ3n) is 8.30. The SMILES string of the molecule is Cc1c(C#N)c(C#N)c(C)c2c1C(C)(C)C1(c3ccccc3-c3ccccc31)C2(C)C. The molecule has 0 radical (unpaired) electrons. The largest absolute Gasteiger partial charge is 0.192 e. The quantitative estimate of drug-likeness (QED) is 0.426. The van der Waals surface area contributed by atoms with E-state index in [0.29, 0.717) is 11.1 Å². The lowest BCUT2D eigenvalue weighted by Gasteiger charge is -2.49. The van der Waals surface area contributed by atoms with E-state index in [9.17, 15) is 10.5 Å². The third-order valence-corrected chi connectivity index (χ3v) is 8.30. The Bertz CT molecular complexity index is 1270. The van der Waals surface area contributed by atoms with Crippen LogP contribution in [0.1, 0.15) is 72.2 Å². The van der Waals surface area contributed by atoms with Crippen LogP contribution in [-0.4, -0.2) is 0 Å². The number of rotatable bonds is 0. The van der Waals surface area contributed by atoms with Crippen molar-refractivity contribution < 1.29 is 0 Å². The topological polar surface area (TPSA) is 47.6 Å². The van der Waals surface area contributed by atoms with Gasteiger partial charge in [-0.1, -0.05) is 76.2 Å². The molecule has 0 saturated heterocycles. The third kappa shape index (κ3) is 1.88. The molecule has 0 atom stereocenters. The first-order valence-electron chi connectivity index (χ1n) is 10.9. The molecule has 2 heteroatoms. The van der Waals surface area contributed by atoms with E-state index < -0.39 is 0 Å². The van der Waals surface area contributed by atoms with Crippen molar-refractivity contribution in [2.45, 2.75) is 57.8 Å². The normalized spacial score (nSPS) is 18.1. The molecular weight excluding hydrogens is 376 g/mol. The van der Waals surface area contributed by atoms with E-state index in [0.717, 1.165) is 11.1 Å². The lowest BCUT2D eigenvalue weighted by molar-refractivity contribution is 0.231. The average Bonchev–Trinajstić information content (AvgIpc) is 3.13. The van der Waals surface area contributed by atoms with Gasteiger partial charge in [-0.3, -0.25) is 0 Å². The molecular formula is C29H26N2. The van der Waals surface area contributed by atoms with Crippen molar-refractivity contribution in [3.05, 3.63) is 93.0 Å². The van der Waals surface area contributed by atoms with Crippen LogP contribution in [-0.2, 0) is 16.2 Å². The molecule has 0 amide bonds. The van der Waals surface area contributed by atoms with Gasteiger partial charge in [0.1, 0.15) is 12.1 Å². The first-order valence-corrected chi connectivity index (χ1v) is 10.9. The lowest BCUT2D eigenvalue weighted by Crippen LogP contribution is -2.51. The fraction of sp³-hybridized carbons (Fsp3) is 0.310. The molecule has 0 heterocycles. The Morgan fingerprint density at radius 2 is 0.968 bits per heavy atom. The number of hydrogen-bond acceptors (Lipinski definition) is 2. The van der Waals surface area contributed by atoms with Gasteiger partial charge in [0.15, 0.2) is 0 Å². The van der Waals surface area contributed by atoms with Crippen LogP contribution >= 0.6 is 0 Å². The summed E-state index contributed by atoms with van der Waals surface area (Å²) < 4.78 is 0.